The predicted octanol–water partition coefficient (Wildman–Crippen LogP) is 15.5. The fraction of sp³-hybridized carbons (Fsp3) is 0.138. The van der Waals surface area contributed by atoms with Crippen molar-refractivity contribution in [3.05, 3.63) is 255 Å². The lowest BCUT2D eigenvalue weighted by Gasteiger charge is -2.40. The van der Waals surface area contributed by atoms with Gasteiger partial charge < -0.3 is 9.80 Å². The van der Waals surface area contributed by atoms with E-state index in [1.165, 1.54) is 33.5 Å². The summed E-state index contributed by atoms with van der Waals surface area (Å²) in [5.41, 5.74) is 12.7. The summed E-state index contributed by atoms with van der Waals surface area (Å²) in [6.07, 6.45) is 23.8. The average Bonchev–Trinajstić information content (AvgIpc) is 3.31. The molecule has 2 heteroatoms. The largest absolute Gasteiger partial charge is 0.337 e. The first-order valence-corrected chi connectivity index (χ1v) is 21.1. The molecule has 2 nitrogen and oxygen atoms in total. The first-order valence-electron chi connectivity index (χ1n) is 21.1. The minimum absolute atomic E-state index is 0.0213. The molecule has 0 spiro atoms. The Hall–Kier alpha value is -6.90. The van der Waals surface area contributed by atoms with Gasteiger partial charge in [-0.25, -0.2) is 0 Å². The molecular weight excluding hydrogens is 725 g/mol. The molecule has 5 aromatic carbocycles. The Kier molecular flexibility index (Phi) is 13.9. The molecule has 0 amide bonds. The van der Waals surface area contributed by atoms with Crippen molar-refractivity contribution < 1.29 is 0 Å². The molecule has 0 N–H and O–H groups in total. The maximum absolute atomic E-state index is 4.82. The average molecular weight is 781 g/mol. The first-order chi connectivity index (χ1) is 29.5. The van der Waals surface area contributed by atoms with Crippen LogP contribution in [0.15, 0.2) is 249 Å². The van der Waals surface area contributed by atoms with Crippen molar-refractivity contribution in [2.45, 2.75) is 38.8 Å². The van der Waals surface area contributed by atoms with Crippen LogP contribution in [0.4, 0.5) is 17.1 Å². The number of allylic oxidation sites excluding steroid dienone is 8. The quantitative estimate of drug-likeness (QED) is 0.104. The lowest BCUT2D eigenvalue weighted by Crippen LogP contribution is -2.38. The van der Waals surface area contributed by atoms with Crippen LogP contribution < -0.4 is 9.80 Å². The van der Waals surface area contributed by atoms with E-state index in [9.17, 15) is 0 Å². The van der Waals surface area contributed by atoms with Crippen LogP contribution in [0.3, 0.4) is 0 Å². The molecule has 4 unspecified atom stereocenters. The van der Waals surface area contributed by atoms with Crippen molar-refractivity contribution >= 4 is 22.6 Å². The zero-order valence-electron chi connectivity index (χ0n) is 35.0. The van der Waals surface area contributed by atoms with Gasteiger partial charge in [-0.2, -0.15) is 0 Å². The second-order valence-corrected chi connectivity index (χ2v) is 15.4. The molecule has 0 saturated carbocycles. The second kappa shape index (κ2) is 20.2. The first kappa shape index (κ1) is 41.3. The molecular formula is C58H56N2. The number of rotatable bonds is 14. The highest BCUT2D eigenvalue weighted by Gasteiger charge is 2.32. The summed E-state index contributed by atoms with van der Waals surface area (Å²) in [7, 11) is 0. The number of hydrogen-bond donors (Lipinski definition) is 0. The third-order valence-corrected chi connectivity index (χ3v) is 11.5. The maximum atomic E-state index is 4.82. The van der Waals surface area contributed by atoms with E-state index in [-0.39, 0.29) is 23.9 Å². The zero-order valence-corrected chi connectivity index (χ0v) is 35.0. The molecule has 0 fully saturated rings. The Morgan fingerprint density at radius 3 is 1.80 bits per heavy atom. The normalized spacial score (nSPS) is 17.5. The maximum Gasteiger partial charge on any atom is 0.0560 e. The third-order valence-electron chi connectivity index (χ3n) is 11.5. The standard InChI is InChI=1S/C58H56N2/c1-6-9-26-51(7-2)60(55-42-35-50(36-43-55)48-24-17-13-18-25-48)58-29-20-28-57(56(58)8-3)45(5)46-21-14-10-11-19-27-52(39-32-46)59(53-37-30-44(4)31-38-53)54-40-33-49(34-41-54)47-22-15-12-16-23-47/h6-25,27-37,39-43,51,53,56-57H,2-3,5,26,38H2,1,4H3/b9-6+,11-10?,14-10?,19-11?,21-14?,27-19?,39-32?,46-21?,46-32?,52-27?,52-39?. The highest BCUT2D eigenvalue weighted by atomic mass is 15.2. The van der Waals surface area contributed by atoms with Crippen molar-refractivity contribution in [1.82, 2.24) is 0 Å². The topological polar surface area (TPSA) is 6.48 Å². The van der Waals surface area contributed by atoms with Gasteiger partial charge in [0.1, 0.15) is 0 Å². The Labute approximate surface area is 358 Å². The van der Waals surface area contributed by atoms with E-state index < -0.39 is 0 Å². The van der Waals surface area contributed by atoms with E-state index >= 15 is 0 Å². The summed E-state index contributed by atoms with van der Waals surface area (Å²) in [6, 6.07) is 56.5. The lowest BCUT2D eigenvalue weighted by atomic mass is 9.78. The van der Waals surface area contributed by atoms with Gasteiger partial charge in [0, 0.05) is 34.6 Å². The lowest BCUT2D eigenvalue weighted by molar-refractivity contribution is 0.595. The minimum atomic E-state index is -0.0324. The minimum Gasteiger partial charge on any atom is -0.337 e. The van der Waals surface area contributed by atoms with Crippen LogP contribution in [0.5, 0.6) is 0 Å². The van der Waals surface area contributed by atoms with Crippen molar-refractivity contribution in [3.8, 4) is 22.3 Å². The number of nitrogens with zero attached hydrogens (tertiary/aromatic N) is 2. The van der Waals surface area contributed by atoms with Gasteiger partial charge in [0.05, 0.1) is 12.1 Å². The van der Waals surface area contributed by atoms with Crippen molar-refractivity contribution in [2.75, 3.05) is 9.80 Å². The van der Waals surface area contributed by atoms with Crippen LogP contribution in [0.2, 0.25) is 0 Å². The zero-order chi connectivity index (χ0) is 41.7. The molecule has 2 aliphatic rings. The van der Waals surface area contributed by atoms with Gasteiger partial charge in [0.2, 0.25) is 0 Å². The van der Waals surface area contributed by atoms with Crippen LogP contribution in [0, 0.1) is 11.8 Å². The van der Waals surface area contributed by atoms with Gasteiger partial charge in [-0.3, -0.25) is 0 Å². The van der Waals surface area contributed by atoms with Gasteiger partial charge in [-0.15, -0.1) is 13.2 Å². The summed E-state index contributed by atoms with van der Waals surface area (Å²) < 4.78 is 0. The number of benzene rings is 4. The molecule has 0 saturated heterocycles. The summed E-state index contributed by atoms with van der Waals surface area (Å²) in [5.74, 6) is -0.0537. The third kappa shape index (κ3) is 9.68. The smallest absolute Gasteiger partial charge is 0.0560 e. The van der Waals surface area contributed by atoms with Gasteiger partial charge in [-0.1, -0.05) is 188 Å². The van der Waals surface area contributed by atoms with Gasteiger partial charge in [0.15, 0.2) is 0 Å². The molecule has 0 bridgehead atoms. The highest BCUT2D eigenvalue weighted by molar-refractivity contribution is 5.74. The predicted molar refractivity (Wildman–Crippen MR) is 261 cm³/mol. The fourth-order valence-electron chi connectivity index (χ4n) is 8.27. The monoisotopic (exact) mass is 780 g/mol. The molecule has 0 aromatic heterocycles. The summed E-state index contributed by atoms with van der Waals surface area (Å²) >= 11 is 0. The van der Waals surface area contributed by atoms with E-state index in [1.54, 1.807) is 0 Å². The summed E-state index contributed by atoms with van der Waals surface area (Å²) in [6.45, 7) is 17.8. The van der Waals surface area contributed by atoms with Crippen molar-refractivity contribution in [3.63, 3.8) is 0 Å². The van der Waals surface area contributed by atoms with Gasteiger partial charge >= 0.3 is 0 Å². The Balaban J connectivity index is 1.24. The van der Waals surface area contributed by atoms with Crippen molar-refractivity contribution in [2.24, 2.45) is 11.8 Å². The molecule has 4 atom stereocenters. The Morgan fingerprint density at radius 1 is 0.667 bits per heavy atom. The second-order valence-electron chi connectivity index (χ2n) is 15.4. The van der Waals surface area contributed by atoms with E-state index in [2.05, 4.69) is 255 Å². The van der Waals surface area contributed by atoms with Crippen molar-refractivity contribution in [1.29, 1.82) is 0 Å². The van der Waals surface area contributed by atoms with E-state index in [4.69, 9.17) is 6.58 Å². The number of hydrogen-bond acceptors (Lipinski definition) is 2. The Morgan fingerprint density at radius 2 is 1.22 bits per heavy atom. The fourth-order valence-corrected chi connectivity index (χ4v) is 8.27. The van der Waals surface area contributed by atoms with Crippen LogP contribution in [0.1, 0.15) is 32.3 Å². The molecule has 7 rings (SSSR count). The van der Waals surface area contributed by atoms with E-state index in [0.29, 0.717) is 0 Å². The van der Waals surface area contributed by atoms with Crippen LogP contribution in [0.25, 0.3) is 27.8 Å². The molecule has 0 aliphatic heterocycles. The molecule has 5 aromatic rings. The van der Waals surface area contributed by atoms with Crippen LogP contribution >= 0.6 is 0 Å². The number of anilines is 3. The van der Waals surface area contributed by atoms with E-state index in [0.717, 1.165) is 41.0 Å². The molecule has 0 heterocycles. The summed E-state index contributed by atoms with van der Waals surface area (Å²) in [4.78, 5) is 4.89. The van der Waals surface area contributed by atoms with Gasteiger partial charge in [-0.05, 0) is 103 Å². The van der Waals surface area contributed by atoms with Crippen LogP contribution in [-0.2, 0) is 0 Å². The van der Waals surface area contributed by atoms with Crippen LogP contribution in [-0.4, -0.2) is 12.1 Å². The Bertz CT molecular complexity index is 2460. The van der Waals surface area contributed by atoms with E-state index in [1.807, 2.05) is 0 Å². The molecule has 298 valence electrons. The summed E-state index contributed by atoms with van der Waals surface area (Å²) in [5, 5.41) is 0. The highest BCUT2D eigenvalue weighted by Crippen LogP contribution is 2.41. The molecule has 2 aliphatic carbocycles. The molecule has 0 radical (unpaired) electrons. The van der Waals surface area contributed by atoms with Gasteiger partial charge in [0.25, 0.3) is 0 Å². The molecule has 60 heavy (non-hydrogen) atoms. The SMILES string of the molecule is C=CC1C(N(c2ccc(-c3ccccc3)cc2)C(C=C)C/C=C/C)=CC=CC1C(=C)c1ccccccc(N(c2ccc(-c3ccccc3)cc2)C2C=CC(C)=CC2)cc1.